The molecule has 0 N–H and O–H groups in total. The highest BCUT2D eigenvalue weighted by Crippen LogP contribution is 2.10. The van der Waals surface area contributed by atoms with Gasteiger partial charge in [0.05, 0.1) is 6.54 Å². The first-order chi connectivity index (χ1) is 11.9. The zero-order valence-electron chi connectivity index (χ0n) is 16.1. The first kappa shape index (κ1) is 21.0. The van der Waals surface area contributed by atoms with Gasteiger partial charge in [-0.25, -0.2) is 0 Å². The first-order valence-corrected chi connectivity index (χ1v) is 10.5. The van der Waals surface area contributed by atoms with Gasteiger partial charge >= 0.3 is 0 Å². The van der Waals surface area contributed by atoms with E-state index < -0.39 is 0 Å². The van der Waals surface area contributed by atoms with Crippen LogP contribution in [0.25, 0.3) is 0 Å². The summed E-state index contributed by atoms with van der Waals surface area (Å²) in [4.78, 5) is 6.45. The van der Waals surface area contributed by atoms with Crippen LogP contribution in [-0.2, 0) is 0 Å². The minimum atomic E-state index is 0.988. The van der Waals surface area contributed by atoms with E-state index in [1.165, 1.54) is 96.4 Å². The average molecular weight is 333 g/mol. The van der Waals surface area contributed by atoms with E-state index in [2.05, 4.69) is 35.2 Å². The Morgan fingerprint density at radius 3 is 1.96 bits per heavy atom. The molecule has 0 aromatic heterocycles. The van der Waals surface area contributed by atoms with Crippen LogP contribution in [0.4, 0.5) is 0 Å². The lowest BCUT2D eigenvalue weighted by Gasteiger charge is -2.19. The number of unbranched alkanes of at least 4 members (excludes halogenated alkanes) is 12. The van der Waals surface area contributed by atoms with Gasteiger partial charge in [-0.05, 0) is 32.1 Å². The highest BCUT2D eigenvalue weighted by atomic mass is 15.1. The van der Waals surface area contributed by atoms with Gasteiger partial charge in [0.2, 0.25) is 0 Å². The molecule has 2 heteroatoms. The molecule has 0 aromatic rings. The number of nitrogens with zero attached hydrogens (tertiary/aromatic N) is 2. The third kappa shape index (κ3) is 13.4. The van der Waals surface area contributed by atoms with E-state index in [1.807, 2.05) is 12.4 Å². The number of allylic oxidation sites excluding steroid dienone is 2. The Kier molecular flexibility index (Phi) is 14.7. The molecule has 0 saturated carbocycles. The van der Waals surface area contributed by atoms with Crippen molar-refractivity contribution in [1.82, 2.24) is 4.90 Å². The monoisotopic (exact) mass is 332 g/mol. The van der Waals surface area contributed by atoms with Gasteiger partial charge in [-0.15, -0.1) is 0 Å². The third-order valence-electron chi connectivity index (χ3n) is 4.74. The van der Waals surface area contributed by atoms with Gasteiger partial charge in [0.15, 0.2) is 0 Å². The average Bonchev–Trinajstić information content (AvgIpc) is 2.62. The van der Waals surface area contributed by atoms with Crippen molar-refractivity contribution < 1.29 is 0 Å². The summed E-state index contributed by atoms with van der Waals surface area (Å²) in [6.45, 7) is 4.46. The minimum absolute atomic E-state index is 0.988. The zero-order chi connectivity index (χ0) is 17.1. The van der Waals surface area contributed by atoms with Crippen LogP contribution in [0.3, 0.4) is 0 Å². The summed E-state index contributed by atoms with van der Waals surface area (Å²) < 4.78 is 0. The molecule has 0 unspecified atom stereocenters. The second-order valence-electron chi connectivity index (χ2n) is 7.06. The number of hydrogen-bond acceptors (Lipinski definition) is 2. The highest BCUT2D eigenvalue weighted by Gasteiger charge is 1.99. The van der Waals surface area contributed by atoms with E-state index in [0.717, 1.165) is 6.54 Å². The van der Waals surface area contributed by atoms with E-state index in [4.69, 9.17) is 0 Å². The lowest BCUT2D eigenvalue weighted by molar-refractivity contribution is 0.403. The molecular formula is C22H40N2. The van der Waals surface area contributed by atoms with Crippen molar-refractivity contribution in [3.8, 4) is 0 Å². The van der Waals surface area contributed by atoms with Gasteiger partial charge in [-0.1, -0.05) is 76.9 Å². The summed E-state index contributed by atoms with van der Waals surface area (Å²) in [5, 5.41) is 0. The molecule has 0 spiro atoms. The van der Waals surface area contributed by atoms with E-state index in [0.29, 0.717) is 0 Å². The van der Waals surface area contributed by atoms with Crippen LogP contribution in [0.2, 0.25) is 0 Å². The summed E-state index contributed by atoms with van der Waals surface area (Å²) >= 11 is 0. The van der Waals surface area contributed by atoms with Crippen LogP contribution in [0, 0.1) is 0 Å². The maximum absolute atomic E-state index is 4.10. The van der Waals surface area contributed by atoms with Crippen molar-refractivity contribution in [1.29, 1.82) is 0 Å². The lowest BCUT2D eigenvalue weighted by atomic mass is 10.1. The Morgan fingerprint density at radius 1 is 0.792 bits per heavy atom. The molecule has 0 aliphatic carbocycles. The first-order valence-electron chi connectivity index (χ1n) is 10.5. The Balaban J connectivity index is 1.73. The van der Waals surface area contributed by atoms with Crippen molar-refractivity contribution in [2.45, 2.75) is 96.8 Å². The SMILES string of the molecule is CCCCCCCC/C=C\CCCCCCCCN1C=CN=CC1. The minimum Gasteiger partial charge on any atom is -0.371 e. The van der Waals surface area contributed by atoms with Crippen LogP contribution < -0.4 is 0 Å². The standard InChI is InChI=1S/C22H40N2/c1-2-3-4-5-6-7-8-9-10-11-12-13-14-15-16-17-20-24-21-18-23-19-22-24/h9-10,18-19,21H,2-8,11-17,20,22H2,1H3/b10-9-. The summed E-state index contributed by atoms with van der Waals surface area (Å²) in [6, 6.07) is 0. The van der Waals surface area contributed by atoms with Crippen molar-refractivity contribution in [3.05, 3.63) is 24.6 Å². The van der Waals surface area contributed by atoms with E-state index in [9.17, 15) is 0 Å². The second kappa shape index (κ2) is 16.8. The molecule has 1 heterocycles. The molecule has 1 rings (SSSR count). The van der Waals surface area contributed by atoms with Gasteiger partial charge < -0.3 is 4.90 Å². The van der Waals surface area contributed by atoms with Crippen molar-refractivity contribution in [3.63, 3.8) is 0 Å². The van der Waals surface area contributed by atoms with E-state index in [-0.39, 0.29) is 0 Å². The van der Waals surface area contributed by atoms with Gasteiger partial charge in [0.25, 0.3) is 0 Å². The highest BCUT2D eigenvalue weighted by molar-refractivity contribution is 5.61. The number of rotatable bonds is 16. The van der Waals surface area contributed by atoms with Gasteiger partial charge in [0, 0.05) is 25.2 Å². The molecule has 0 aromatic carbocycles. The molecule has 0 amide bonds. The molecule has 0 bridgehead atoms. The Morgan fingerprint density at radius 2 is 1.38 bits per heavy atom. The second-order valence-corrected chi connectivity index (χ2v) is 7.06. The topological polar surface area (TPSA) is 15.6 Å². The predicted molar refractivity (Wildman–Crippen MR) is 109 cm³/mol. The fraction of sp³-hybridized carbons (Fsp3) is 0.773. The molecule has 24 heavy (non-hydrogen) atoms. The van der Waals surface area contributed by atoms with Crippen molar-refractivity contribution >= 4 is 6.21 Å². The zero-order valence-corrected chi connectivity index (χ0v) is 16.1. The Labute approximate surface area is 151 Å². The maximum atomic E-state index is 4.10. The molecule has 138 valence electrons. The normalized spacial score (nSPS) is 14.1. The fourth-order valence-corrected chi connectivity index (χ4v) is 3.13. The van der Waals surface area contributed by atoms with Gasteiger partial charge in [-0.3, -0.25) is 4.99 Å². The van der Waals surface area contributed by atoms with Gasteiger partial charge in [0.1, 0.15) is 0 Å². The summed E-state index contributed by atoms with van der Waals surface area (Å²) in [5.74, 6) is 0. The Bertz CT molecular complexity index is 344. The summed E-state index contributed by atoms with van der Waals surface area (Å²) in [6.07, 6.45) is 30.1. The van der Waals surface area contributed by atoms with Crippen molar-refractivity contribution in [2.24, 2.45) is 4.99 Å². The fourth-order valence-electron chi connectivity index (χ4n) is 3.13. The largest absolute Gasteiger partial charge is 0.371 e. The number of hydrogen-bond donors (Lipinski definition) is 0. The van der Waals surface area contributed by atoms with Crippen LogP contribution in [0.15, 0.2) is 29.5 Å². The summed E-state index contributed by atoms with van der Waals surface area (Å²) in [7, 11) is 0. The molecule has 1 aliphatic rings. The molecule has 0 saturated heterocycles. The molecule has 0 fully saturated rings. The smallest absolute Gasteiger partial charge is 0.0527 e. The lowest BCUT2D eigenvalue weighted by Crippen LogP contribution is -2.22. The van der Waals surface area contributed by atoms with Crippen LogP contribution in [0.5, 0.6) is 0 Å². The molecule has 0 radical (unpaired) electrons. The van der Waals surface area contributed by atoms with Crippen LogP contribution >= 0.6 is 0 Å². The summed E-state index contributed by atoms with van der Waals surface area (Å²) in [5.41, 5.74) is 0. The molecule has 1 aliphatic heterocycles. The van der Waals surface area contributed by atoms with Crippen molar-refractivity contribution in [2.75, 3.05) is 13.1 Å². The van der Waals surface area contributed by atoms with E-state index in [1.54, 1.807) is 0 Å². The maximum Gasteiger partial charge on any atom is 0.0527 e. The number of aliphatic imine (C=N–C) groups is 1. The van der Waals surface area contributed by atoms with Crippen LogP contribution in [0.1, 0.15) is 96.8 Å². The van der Waals surface area contributed by atoms with Gasteiger partial charge in [-0.2, -0.15) is 0 Å². The van der Waals surface area contributed by atoms with E-state index >= 15 is 0 Å². The molecule has 0 atom stereocenters. The molecule has 2 nitrogen and oxygen atoms in total. The third-order valence-corrected chi connectivity index (χ3v) is 4.74. The molecular weight excluding hydrogens is 292 g/mol. The predicted octanol–water partition coefficient (Wildman–Crippen LogP) is 6.88. The quantitative estimate of drug-likeness (QED) is 0.222. The Hall–Kier alpha value is -1.05. The van der Waals surface area contributed by atoms with Crippen LogP contribution in [-0.4, -0.2) is 24.2 Å².